The standard InChI is InChI=1S/C8H14F2N2O2S.C2H6/c1-4(7(9)10)6(11)8(13)12-15(14)5-2-3-5;1-2/h4-7H,2-3,11H2,1H3,(H,12,13);1-2H3. The minimum Gasteiger partial charge on any atom is -0.319 e. The fraction of sp³-hybridized carbons (Fsp3) is 0.900. The molecule has 0 heterocycles. The van der Waals surface area contributed by atoms with E-state index in [1.165, 1.54) is 6.92 Å². The van der Waals surface area contributed by atoms with Crippen LogP contribution in [0.4, 0.5) is 8.78 Å². The summed E-state index contributed by atoms with van der Waals surface area (Å²) in [6.45, 7) is 5.19. The van der Waals surface area contributed by atoms with E-state index >= 15 is 0 Å². The lowest BCUT2D eigenvalue weighted by Crippen LogP contribution is -2.47. The molecule has 3 atom stereocenters. The number of rotatable bonds is 5. The molecule has 4 nitrogen and oxygen atoms in total. The molecule has 1 amide bonds. The molecule has 0 spiro atoms. The Bertz CT molecular complexity index is 273. The quantitative estimate of drug-likeness (QED) is 0.788. The molecule has 0 radical (unpaired) electrons. The van der Waals surface area contributed by atoms with Gasteiger partial charge >= 0.3 is 0 Å². The third-order valence-corrected chi connectivity index (χ3v) is 3.77. The van der Waals surface area contributed by atoms with Crippen molar-refractivity contribution in [3.63, 3.8) is 0 Å². The van der Waals surface area contributed by atoms with Crippen molar-refractivity contribution in [1.82, 2.24) is 4.72 Å². The van der Waals surface area contributed by atoms with E-state index in [9.17, 15) is 17.8 Å². The second-order valence-electron chi connectivity index (χ2n) is 3.68. The molecule has 0 bridgehead atoms. The zero-order chi connectivity index (χ0) is 13.6. The van der Waals surface area contributed by atoms with Crippen LogP contribution in [0.1, 0.15) is 33.6 Å². The van der Waals surface area contributed by atoms with Gasteiger partial charge in [-0.2, -0.15) is 0 Å². The van der Waals surface area contributed by atoms with Crippen molar-refractivity contribution in [3.8, 4) is 0 Å². The van der Waals surface area contributed by atoms with Crippen LogP contribution in [0.25, 0.3) is 0 Å². The number of carbonyl (C=O) groups excluding carboxylic acids is 1. The molecule has 1 rings (SSSR count). The lowest BCUT2D eigenvalue weighted by atomic mass is 10.0. The molecular weight excluding hydrogens is 250 g/mol. The SMILES string of the molecule is CC.CC(C(F)F)C(N)C(=O)NS(=O)C1CC1. The van der Waals surface area contributed by atoms with Crippen LogP contribution < -0.4 is 10.5 Å². The molecule has 17 heavy (non-hydrogen) atoms. The Hall–Kier alpha value is -0.560. The summed E-state index contributed by atoms with van der Waals surface area (Å²) in [6, 6.07) is -1.31. The molecule has 0 aliphatic heterocycles. The normalized spacial score (nSPS) is 19.9. The third-order valence-electron chi connectivity index (χ3n) is 2.29. The summed E-state index contributed by atoms with van der Waals surface area (Å²) in [5, 5.41) is -0.0250. The molecule has 0 aromatic carbocycles. The number of nitrogens with two attached hydrogens (primary N) is 1. The molecule has 1 fully saturated rings. The van der Waals surface area contributed by atoms with Gasteiger partial charge in [-0.1, -0.05) is 20.8 Å². The van der Waals surface area contributed by atoms with Gasteiger partial charge in [0.1, 0.15) is 11.0 Å². The van der Waals surface area contributed by atoms with E-state index < -0.39 is 35.3 Å². The van der Waals surface area contributed by atoms with Crippen molar-refractivity contribution < 1.29 is 17.8 Å². The second-order valence-corrected chi connectivity index (χ2v) is 5.15. The monoisotopic (exact) mass is 270 g/mol. The number of hydrogen-bond donors (Lipinski definition) is 2. The van der Waals surface area contributed by atoms with Crippen LogP contribution in [0.3, 0.4) is 0 Å². The van der Waals surface area contributed by atoms with Gasteiger partial charge in [-0.15, -0.1) is 0 Å². The summed E-state index contributed by atoms with van der Waals surface area (Å²) in [4.78, 5) is 11.3. The molecule has 1 saturated carbocycles. The Morgan fingerprint density at radius 3 is 2.24 bits per heavy atom. The van der Waals surface area contributed by atoms with Gasteiger partial charge in [0.05, 0.1) is 11.3 Å². The highest BCUT2D eigenvalue weighted by molar-refractivity contribution is 7.84. The molecule has 3 N–H and O–H groups in total. The summed E-state index contributed by atoms with van der Waals surface area (Å²) in [5.74, 6) is -2.01. The second kappa shape index (κ2) is 7.71. The Morgan fingerprint density at radius 2 is 1.88 bits per heavy atom. The first-order valence-electron chi connectivity index (χ1n) is 5.68. The number of carbonyl (C=O) groups is 1. The Balaban J connectivity index is 0.00000121. The third kappa shape index (κ3) is 5.54. The maximum atomic E-state index is 12.2. The molecule has 0 aromatic heterocycles. The van der Waals surface area contributed by atoms with Gasteiger partial charge in [0.25, 0.3) is 0 Å². The largest absolute Gasteiger partial charge is 0.319 e. The average Bonchev–Trinajstić information content (AvgIpc) is 3.13. The molecule has 102 valence electrons. The van der Waals surface area contributed by atoms with E-state index in [1.807, 2.05) is 13.8 Å². The highest BCUT2D eigenvalue weighted by atomic mass is 32.2. The predicted octanol–water partition coefficient (Wildman–Crippen LogP) is 1.18. The van der Waals surface area contributed by atoms with E-state index in [2.05, 4.69) is 4.72 Å². The zero-order valence-corrected chi connectivity index (χ0v) is 11.1. The lowest BCUT2D eigenvalue weighted by Gasteiger charge is -2.17. The van der Waals surface area contributed by atoms with Crippen LogP contribution in [-0.4, -0.2) is 27.8 Å². The fourth-order valence-corrected chi connectivity index (χ4v) is 1.99. The van der Waals surface area contributed by atoms with E-state index in [0.717, 1.165) is 12.8 Å². The smallest absolute Gasteiger partial charge is 0.249 e. The highest BCUT2D eigenvalue weighted by Gasteiger charge is 2.33. The zero-order valence-electron chi connectivity index (χ0n) is 10.3. The Kier molecular flexibility index (Phi) is 7.45. The molecule has 0 aromatic rings. The number of hydrogen-bond acceptors (Lipinski definition) is 3. The summed E-state index contributed by atoms with van der Waals surface area (Å²) in [5.41, 5.74) is 5.30. The van der Waals surface area contributed by atoms with Crippen LogP contribution in [-0.2, 0) is 15.8 Å². The molecule has 1 aliphatic carbocycles. The summed E-state index contributed by atoms with van der Waals surface area (Å²) in [7, 11) is -1.47. The van der Waals surface area contributed by atoms with Gasteiger partial charge in [-0.3, -0.25) is 9.52 Å². The average molecular weight is 270 g/mol. The summed E-state index contributed by atoms with van der Waals surface area (Å²) < 4.78 is 37.8. The van der Waals surface area contributed by atoms with Crippen molar-refractivity contribution in [3.05, 3.63) is 0 Å². The van der Waals surface area contributed by atoms with Crippen LogP contribution in [0.5, 0.6) is 0 Å². The number of halogens is 2. The van der Waals surface area contributed by atoms with Crippen molar-refractivity contribution in [2.45, 2.75) is 51.3 Å². The molecule has 0 saturated heterocycles. The summed E-state index contributed by atoms with van der Waals surface area (Å²) in [6.07, 6.45) is -1.06. The van der Waals surface area contributed by atoms with E-state index in [1.54, 1.807) is 0 Å². The minimum absolute atomic E-state index is 0.0250. The predicted molar refractivity (Wildman–Crippen MR) is 63.8 cm³/mol. The van der Waals surface area contributed by atoms with Crippen molar-refractivity contribution in [2.24, 2.45) is 11.7 Å². The van der Waals surface area contributed by atoms with E-state index in [-0.39, 0.29) is 5.25 Å². The van der Waals surface area contributed by atoms with E-state index in [0.29, 0.717) is 0 Å². The van der Waals surface area contributed by atoms with Crippen LogP contribution in [0, 0.1) is 5.92 Å². The van der Waals surface area contributed by atoms with Crippen LogP contribution in [0.2, 0.25) is 0 Å². The minimum atomic E-state index is -2.65. The van der Waals surface area contributed by atoms with Crippen molar-refractivity contribution in [1.29, 1.82) is 0 Å². The highest BCUT2D eigenvalue weighted by Crippen LogP contribution is 2.25. The van der Waals surface area contributed by atoms with Gasteiger partial charge in [-0.05, 0) is 12.8 Å². The Morgan fingerprint density at radius 1 is 1.41 bits per heavy atom. The Labute approximate surface area is 103 Å². The van der Waals surface area contributed by atoms with Gasteiger partial charge in [0, 0.05) is 5.92 Å². The topological polar surface area (TPSA) is 72.2 Å². The molecule has 7 heteroatoms. The maximum absolute atomic E-state index is 12.2. The maximum Gasteiger partial charge on any atom is 0.249 e. The van der Waals surface area contributed by atoms with Crippen molar-refractivity contribution >= 4 is 16.9 Å². The fourth-order valence-electron chi connectivity index (χ4n) is 0.928. The van der Waals surface area contributed by atoms with Crippen molar-refractivity contribution in [2.75, 3.05) is 0 Å². The lowest BCUT2D eigenvalue weighted by molar-refractivity contribution is -0.123. The van der Waals surface area contributed by atoms with Crippen LogP contribution in [0.15, 0.2) is 0 Å². The molecule has 1 aliphatic rings. The molecular formula is C10H20F2N2O2S. The van der Waals surface area contributed by atoms with Gasteiger partial charge in [-0.25, -0.2) is 13.0 Å². The first kappa shape index (κ1) is 16.4. The van der Waals surface area contributed by atoms with Gasteiger partial charge in [0.2, 0.25) is 12.3 Å². The first-order valence-corrected chi connectivity index (χ1v) is 6.89. The number of amides is 1. The van der Waals surface area contributed by atoms with Crippen LogP contribution >= 0.6 is 0 Å². The number of alkyl halides is 2. The summed E-state index contributed by atoms with van der Waals surface area (Å²) >= 11 is 0. The molecule has 3 unspecified atom stereocenters. The van der Waals surface area contributed by atoms with Gasteiger partial charge in [0.15, 0.2) is 0 Å². The first-order chi connectivity index (χ1) is 7.93. The van der Waals surface area contributed by atoms with E-state index in [4.69, 9.17) is 5.73 Å². The number of nitrogens with one attached hydrogen (secondary N) is 1. The van der Waals surface area contributed by atoms with Gasteiger partial charge < -0.3 is 5.73 Å².